The van der Waals surface area contributed by atoms with Gasteiger partial charge in [-0.1, -0.05) is 12.1 Å². The van der Waals surface area contributed by atoms with Gasteiger partial charge < -0.3 is 15.7 Å². The van der Waals surface area contributed by atoms with Crippen molar-refractivity contribution < 1.29 is 14.7 Å². The highest BCUT2D eigenvalue weighted by Crippen LogP contribution is 2.10. The molecule has 2 amide bonds. The highest BCUT2D eigenvalue weighted by molar-refractivity contribution is 5.83. The number of phenols is 1. The number of hydrogen-bond acceptors (Lipinski definition) is 3. The number of urea groups is 1. The lowest BCUT2D eigenvalue weighted by atomic mass is 10.2. The van der Waals surface area contributed by atoms with E-state index < -0.39 is 6.03 Å². The molecule has 0 aromatic heterocycles. The zero-order chi connectivity index (χ0) is 12.0. The van der Waals surface area contributed by atoms with Crippen molar-refractivity contribution in [3.05, 3.63) is 29.8 Å². The van der Waals surface area contributed by atoms with Gasteiger partial charge in [0.2, 0.25) is 0 Å². The maximum Gasteiger partial charge on any atom is 0.315 e. The minimum absolute atomic E-state index is 0.0197. The second kappa shape index (κ2) is 5.75. The summed E-state index contributed by atoms with van der Waals surface area (Å²) in [5.74, 6) is 0.0518. The summed E-state index contributed by atoms with van der Waals surface area (Å²) >= 11 is 0. The van der Waals surface area contributed by atoms with Gasteiger partial charge in [-0.15, -0.1) is 0 Å². The van der Waals surface area contributed by atoms with E-state index in [2.05, 4.69) is 10.6 Å². The van der Waals surface area contributed by atoms with Crippen LogP contribution in [0.3, 0.4) is 0 Å². The number of amides is 2. The number of phenolic OH excluding ortho intramolecular Hbond substituents is 1. The molecule has 0 aliphatic carbocycles. The van der Waals surface area contributed by atoms with Crippen LogP contribution in [0.5, 0.6) is 5.75 Å². The standard InChI is InChI=1S/C11H14N2O3/c1-8(14)6-12-11(16)13-7-9-3-2-4-10(15)5-9/h2-5,15H,6-7H2,1H3,(H2,12,13,16). The maximum atomic E-state index is 11.2. The molecular weight excluding hydrogens is 208 g/mol. The minimum atomic E-state index is -0.404. The lowest BCUT2D eigenvalue weighted by Crippen LogP contribution is -2.37. The van der Waals surface area contributed by atoms with Gasteiger partial charge in [-0.2, -0.15) is 0 Å². The van der Waals surface area contributed by atoms with Crippen molar-refractivity contribution in [2.75, 3.05) is 6.54 Å². The zero-order valence-electron chi connectivity index (χ0n) is 8.99. The predicted octanol–water partition coefficient (Wildman–Crippen LogP) is 0.780. The van der Waals surface area contributed by atoms with Crippen LogP contribution >= 0.6 is 0 Å². The summed E-state index contributed by atoms with van der Waals surface area (Å²) in [4.78, 5) is 21.8. The van der Waals surface area contributed by atoms with E-state index >= 15 is 0 Å². The van der Waals surface area contributed by atoms with Gasteiger partial charge in [-0.05, 0) is 24.6 Å². The second-order valence-corrected chi connectivity index (χ2v) is 3.41. The van der Waals surface area contributed by atoms with Gasteiger partial charge in [0.25, 0.3) is 0 Å². The van der Waals surface area contributed by atoms with Crippen LogP contribution in [-0.4, -0.2) is 23.5 Å². The van der Waals surface area contributed by atoms with E-state index in [1.165, 1.54) is 6.92 Å². The molecule has 0 radical (unpaired) electrons. The van der Waals surface area contributed by atoms with E-state index in [1.807, 2.05) is 0 Å². The molecule has 0 saturated heterocycles. The Kier molecular flexibility index (Phi) is 4.32. The fraction of sp³-hybridized carbons (Fsp3) is 0.273. The zero-order valence-corrected chi connectivity index (χ0v) is 8.99. The Morgan fingerprint density at radius 3 is 2.69 bits per heavy atom. The van der Waals surface area contributed by atoms with Crippen molar-refractivity contribution in [1.29, 1.82) is 0 Å². The Bertz CT molecular complexity index is 391. The predicted molar refractivity (Wildman–Crippen MR) is 59.0 cm³/mol. The van der Waals surface area contributed by atoms with Crippen molar-refractivity contribution in [2.45, 2.75) is 13.5 Å². The van der Waals surface area contributed by atoms with Crippen molar-refractivity contribution in [1.82, 2.24) is 10.6 Å². The van der Waals surface area contributed by atoms with Gasteiger partial charge in [-0.25, -0.2) is 4.79 Å². The molecule has 0 atom stereocenters. The molecule has 0 spiro atoms. The molecule has 3 N–H and O–H groups in total. The lowest BCUT2D eigenvalue weighted by Gasteiger charge is -2.06. The van der Waals surface area contributed by atoms with E-state index in [-0.39, 0.29) is 18.1 Å². The molecular formula is C11H14N2O3. The van der Waals surface area contributed by atoms with Crippen molar-refractivity contribution >= 4 is 11.8 Å². The molecule has 0 heterocycles. The van der Waals surface area contributed by atoms with Crippen LogP contribution in [-0.2, 0) is 11.3 Å². The Labute approximate surface area is 93.5 Å². The summed E-state index contributed by atoms with van der Waals surface area (Å²) in [6.07, 6.45) is 0. The third kappa shape index (κ3) is 4.45. The van der Waals surface area contributed by atoms with Gasteiger partial charge in [0.1, 0.15) is 11.5 Å². The quantitative estimate of drug-likeness (QED) is 0.704. The summed E-state index contributed by atoms with van der Waals surface area (Å²) in [7, 11) is 0. The first-order valence-corrected chi connectivity index (χ1v) is 4.87. The first-order valence-electron chi connectivity index (χ1n) is 4.87. The first-order chi connectivity index (χ1) is 7.58. The van der Waals surface area contributed by atoms with Crippen LogP contribution in [0.2, 0.25) is 0 Å². The molecule has 0 aliphatic heterocycles. The van der Waals surface area contributed by atoms with E-state index in [0.29, 0.717) is 6.54 Å². The van der Waals surface area contributed by atoms with Crippen LogP contribution in [0.1, 0.15) is 12.5 Å². The number of carbonyl (C=O) groups is 2. The summed E-state index contributed by atoms with van der Waals surface area (Å²) in [6, 6.07) is 6.19. The minimum Gasteiger partial charge on any atom is -0.508 e. The summed E-state index contributed by atoms with van der Waals surface area (Å²) in [6.45, 7) is 1.72. The molecule has 1 rings (SSSR count). The highest BCUT2D eigenvalue weighted by atomic mass is 16.3. The smallest absolute Gasteiger partial charge is 0.315 e. The van der Waals surface area contributed by atoms with Crippen molar-refractivity contribution in [3.8, 4) is 5.75 Å². The third-order valence-electron chi connectivity index (χ3n) is 1.86. The number of carbonyl (C=O) groups excluding carboxylic acids is 2. The fourth-order valence-corrected chi connectivity index (χ4v) is 1.12. The third-order valence-corrected chi connectivity index (χ3v) is 1.86. The Balaban J connectivity index is 2.34. The van der Waals surface area contributed by atoms with Crippen LogP contribution in [0.15, 0.2) is 24.3 Å². The molecule has 86 valence electrons. The number of ketones is 1. The normalized spacial score (nSPS) is 9.56. The monoisotopic (exact) mass is 222 g/mol. The molecule has 0 saturated carbocycles. The van der Waals surface area contributed by atoms with Crippen LogP contribution in [0, 0.1) is 0 Å². The molecule has 1 aromatic rings. The first kappa shape index (κ1) is 12.0. The number of hydrogen-bond donors (Lipinski definition) is 3. The van der Waals surface area contributed by atoms with E-state index in [9.17, 15) is 14.7 Å². The van der Waals surface area contributed by atoms with Crippen LogP contribution in [0.4, 0.5) is 4.79 Å². The molecule has 1 aromatic carbocycles. The number of benzene rings is 1. The van der Waals surface area contributed by atoms with E-state index in [0.717, 1.165) is 5.56 Å². The van der Waals surface area contributed by atoms with E-state index in [1.54, 1.807) is 24.3 Å². The number of nitrogens with one attached hydrogen (secondary N) is 2. The molecule has 5 heteroatoms. The lowest BCUT2D eigenvalue weighted by molar-refractivity contribution is -0.116. The molecule has 0 aliphatic rings. The van der Waals surface area contributed by atoms with Crippen LogP contribution in [0.25, 0.3) is 0 Å². The number of aromatic hydroxyl groups is 1. The molecule has 5 nitrogen and oxygen atoms in total. The Hall–Kier alpha value is -2.04. The number of Topliss-reactive ketones (excluding diaryl/α,β-unsaturated/α-hetero) is 1. The van der Waals surface area contributed by atoms with Gasteiger partial charge in [0.15, 0.2) is 0 Å². The van der Waals surface area contributed by atoms with Gasteiger partial charge in [0, 0.05) is 6.54 Å². The number of rotatable bonds is 4. The molecule has 0 bridgehead atoms. The second-order valence-electron chi connectivity index (χ2n) is 3.41. The summed E-state index contributed by atoms with van der Waals surface area (Å²) < 4.78 is 0. The fourth-order valence-electron chi connectivity index (χ4n) is 1.12. The Morgan fingerprint density at radius 2 is 2.06 bits per heavy atom. The largest absolute Gasteiger partial charge is 0.508 e. The maximum absolute atomic E-state index is 11.2. The van der Waals surface area contributed by atoms with Crippen molar-refractivity contribution in [2.24, 2.45) is 0 Å². The molecule has 0 unspecified atom stereocenters. The SMILES string of the molecule is CC(=O)CNC(=O)NCc1cccc(O)c1. The van der Waals surface area contributed by atoms with Gasteiger partial charge >= 0.3 is 6.03 Å². The molecule has 0 fully saturated rings. The van der Waals surface area contributed by atoms with Crippen LogP contribution < -0.4 is 10.6 Å². The Morgan fingerprint density at radius 1 is 1.31 bits per heavy atom. The van der Waals surface area contributed by atoms with Gasteiger partial charge in [-0.3, -0.25) is 4.79 Å². The highest BCUT2D eigenvalue weighted by Gasteiger charge is 2.01. The van der Waals surface area contributed by atoms with E-state index in [4.69, 9.17) is 0 Å². The topological polar surface area (TPSA) is 78.4 Å². The van der Waals surface area contributed by atoms with Gasteiger partial charge in [0.05, 0.1) is 6.54 Å². The van der Waals surface area contributed by atoms with Crippen molar-refractivity contribution in [3.63, 3.8) is 0 Å². The summed E-state index contributed by atoms with van der Waals surface area (Å²) in [5.41, 5.74) is 0.790. The average Bonchev–Trinajstić information content (AvgIpc) is 2.23. The molecule has 16 heavy (non-hydrogen) atoms. The summed E-state index contributed by atoms with van der Waals surface area (Å²) in [5, 5.41) is 14.2. The average molecular weight is 222 g/mol.